The van der Waals surface area contributed by atoms with Crippen LogP contribution in [0, 0.1) is 5.92 Å². The van der Waals surface area contributed by atoms with Crippen molar-refractivity contribution in [3.63, 3.8) is 0 Å². The first-order valence-electron chi connectivity index (χ1n) is 5.93. The van der Waals surface area contributed by atoms with E-state index in [0.29, 0.717) is 24.2 Å². The first kappa shape index (κ1) is 11.8. The molecule has 1 heterocycles. The van der Waals surface area contributed by atoms with Crippen LogP contribution in [-0.4, -0.2) is 18.5 Å². The number of carbonyl (C=O) groups is 1. The molecule has 1 aliphatic carbocycles. The summed E-state index contributed by atoms with van der Waals surface area (Å²) in [6.07, 6.45) is 3.92. The molecule has 0 atom stereocenters. The van der Waals surface area contributed by atoms with Crippen molar-refractivity contribution < 1.29 is 9.53 Å². The van der Waals surface area contributed by atoms with Crippen molar-refractivity contribution in [1.82, 2.24) is 0 Å². The summed E-state index contributed by atoms with van der Waals surface area (Å²) in [5.74, 6) is 0.950. The second kappa shape index (κ2) is 5.60. The van der Waals surface area contributed by atoms with Crippen LogP contribution in [0.15, 0.2) is 17.5 Å². The van der Waals surface area contributed by atoms with Gasteiger partial charge in [0.2, 0.25) is 0 Å². The molecule has 3 heteroatoms. The minimum Gasteiger partial charge on any atom is -0.378 e. The average molecular weight is 238 g/mol. The molecule has 1 aliphatic rings. The largest absolute Gasteiger partial charge is 0.378 e. The maximum atomic E-state index is 11.7. The molecule has 0 aromatic carbocycles. The highest BCUT2D eigenvalue weighted by atomic mass is 32.1. The molecular weight excluding hydrogens is 220 g/mol. The first-order chi connectivity index (χ1) is 7.78. The summed E-state index contributed by atoms with van der Waals surface area (Å²) in [6, 6.07) is 4.04. The van der Waals surface area contributed by atoms with Gasteiger partial charge in [0.25, 0.3) is 0 Å². The van der Waals surface area contributed by atoms with Crippen molar-refractivity contribution in [1.29, 1.82) is 0 Å². The fraction of sp³-hybridized carbons (Fsp3) is 0.615. The smallest absolute Gasteiger partial charge is 0.138 e. The minimum atomic E-state index is 0.377. The van der Waals surface area contributed by atoms with Gasteiger partial charge >= 0.3 is 0 Å². The van der Waals surface area contributed by atoms with Crippen LogP contribution in [0.1, 0.15) is 31.1 Å². The Morgan fingerprint density at radius 2 is 2.38 bits per heavy atom. The Hall–Kier alpha value is -0.670. The molecule has 0 bridgehead atoms. The third-order valence-electron chi connectivity index (χ3n) is 3.06. The van der Waals surface area contributed by atoms with Gasteiger partial charge in [0.1, 0.15) is 5.78 Å². The molecular formula is C13H18O2S. The predicted molar refractivity (Wildman–Crippen MR) is 65.8 cm³/mol. The van der Waals surface area contributed by atoms with Crippen molar-refractivity contribution in [2.24, 2.45) is 5.92 Å². The van der Waals surface area contributed by atoms with E-state index in [1.54, 1.807) is 11.3 Å². The molecule has 88 valence electrons. The van der Waals surface area contributed by atoms with Crippen LogP contribution in [0.5, 0.6) is 0 Å². The van der Waals surface area contributed by atoms with E-state index in [9.17, 15) is 4.79 Å². The number of ketones is 1. The fourth-order valence-electron chi connectivity index (χ4n) is 2.21. The lowest BCUT2D eigenvalue weighted by Gasteiger charge is -2.34. The van der Waals surface area contributed by atoms with Gasteiger partial charge in [-0.2, -0.15) is 0 Å². The maximum Gasteiger partial charge on any atom is 0.138 e. The van der Waals surface area contributed by atoms with Crippen LogP contribution in [0.3, 0.4) is 0 Å². The SMILES string of the molecule is CCOC1CC(CC(=O)Cc2cccs2)C1. The monoisotopic (exact) mass is 238 g/mol. The van der Waals surface area contributed by atoms with Crippen molar-refractivity contribution in [2.75, 3.05) is 6.61 Å². The van der Waals surface area contributed by atoms with Gasteiger partial charge in [-0.05, 0) is 37.1 Å². The van der Waals surface area contributed by atoms with Gasteiger partial charge in [0.05, 0.1) is 6.10 Å². The number of hydrogen-bond donors (Lipinski definition) is 0. The quantitative estimate of drug-likeness (QED) is 0.761. The molecule has 1 aromatic heterocycles. The first-order valence-corrected chi connectivity index (χ1v) is 6.81. The zero-order chi connectivity index (χ0) is 11.4. The summed E-state index contributed by atoms with van der Waals surface area (Å²) in [6.45, 7) is 2.82. The summed E-state index contributed by atoms with van der Waals surface area (Å²) >= 11 is 1.67. The van der Waals surface area contributed by atoms with Gasteiger partial charge in [0, 0.05) is 24.3 Å². The van der Waals surface area contributed by atoms with Crippen LogP contribution >= 0.6 is 11.3 Å². The molecule has 0 aliphatic heterocycles. The van der Waals surface area contributed by atoms with Crippen molar-refractivity contribution in [3.8, 4) is 0 Å². The second-order valence-corrected chi connectivity index (χ2v) is 5.45. The minimum absolute atomic E-state index is 0.377. The number of thiophene rings is 1. The lowest BCUT2D eigenvalue weighted by Crippen LogP contribution is -2.32. The molecule has 0 amide bonds. The van der Waals surface area contributed by atoms with Crippen LogP contribution < -0.4 is 0 Å². The van der Waals surface area contributed by atoms with E-state index in [0.717, 1.165) is 25.9 Å². The van der Waals surface area contributed by atoms with E-state index >= 15 is 0 Å². The molecule has 0 saturated heterocycles. The van der Waals surface area contributed by atoms with Crippen LogP contribution in [0.2, 0.25) is 0 Å². The average Bonchev–Trinajstić information content (AvgIpc) is 2.67. The zero-order valence-corrected chi connectivity index (χ0v) is 10.5. The van der Waals surface area contributed by atoms with Gasteiger partial charge in [-0.25, -0.2) is 0 Å². The lowest BCUT2D eigenvalue weighted by atomic mass is 9.78. The molecule has 1 aromatic rings. The molecule has 1 saturated carbocycles. The molecule has 2 rings (SSSR count). The lowest BCUT2D eigenvalue weighted by molar-refractivity contribution is -0.121. The van der Waals surface area contributed by atoms with Gasteiger partial charge in [-0.1, -0.05) is 6.07 Å². The fourth-order valence-corrected chi connectivity index (χ4v) is 2.95. The number of carbonyl (C=O) groups excluding carboxylic acids is 1. The van der Waals surface area contributed by atoms with Crippen LogP contribution in [0.4, 0.5) is 0 Å². The van der Waals surface area contributed by atoms with E-state index in [1.165, 1.54) is 4.88 Å². The summed E-state index contributed by atoms with van der Waals surface area (Å²) in [7, 11) is 0. The summed E-state index contributed by atoms with van der Waals surface area (Å²) in [4.78, 5) is 12.9. The highest BCUT2D eigenvalue weighted by Gasteiger charge is 2.30. The second-order valence-electron chi connectivity index (χ2n) is 4.41. The number of Topliss-reactive ketones (excluding diaryl/α,β-unsaturated/α-hetero) is 1. The number of rotatable bonds is 6. The van der Waals surface area contributed by atoms with Crippen molar-refractivity contribution in [2.45, 2.75) is 38.7 Å². The Bertz CT molecular complexity index is 326. The Morgan fingerprint density at radius 1 is 1.56 bits per heavy atom. The van der Waals surface area contributed by atoms with Gasteiger partial charge in [0.15, 0.2) is 0 Å². The topological polar surface area (TPSA) is 26.3 Å². The molecule has 2 nitrogen and oxygen atoms in total. The number of hydrogen-bond acceptors (Lipinski definition) is 3. The van der Waals surface area contributed by atoms with Crippen LogP contribution in [0.25, 0.3) is 0 Å². The Labute approximate surface area is 101 Å². The predicted octanol–water partition coefficient (Wildman–Crippen LogP) is 3.06. The normalized spacial score (nSPS) is 24.1. The molecule has 16 heavy (non-hydrogen) atoms. The van der Waals surface area contributed by atoms with Gasteiger partial charge < -0.3 is 4.74 Å². The van der Waals surface area contributed by atoms with Crippen molar-refractivity contribution >= 4 is 17.1 Å². The van der Waals surface area contributed by atoms with Gasteiger partial charge in [-0.3, -0.25) is 4.79 Å². The van der Waals surface area contributed by atoms with E-state index in [4.69, 9.17) is 4.74 Å². The summed E-state index contributed by atoms with van der Waals surface area (Å²) < 4.78 is 5.49. The zero-order valence-electron chi connectivity index (χ0n) is 9.65. The molecule has 0 unspecified atom stereocenters. The maximum absolute atomic E-state index is 11.7. The summed E-state index contributed by atoms with van der Waals surface area (Å²) in [5.41, 5.74) is 0. The molecule has 0 spiro atoms. The summed E-state index contributed by atoms with van der Waals surface area (Å²) in [5, 5.41) is 2.02. The van der Waals surface area contributed by atoms with Crippen LogP contribution in [-0.2, 0) is 16.0 Å². The molecule has 1 fully saturated rings. The molecule has 0 N–H and O–H groups in total. The third kappa shape index (κ3) is 3.16. The van der Waals surface area contributed by atoms with E-state index in [1.807, 2.05) is 24.4 Å². The number of ether oxygens (including phenoxy) is 1. The third-order valence-corrected chi connectivity index (χ3v) is 3.94. The highest BCUT2D eigenvalue weighted by molar-refractivity contribution is 7.10. The molecule has 0 radical (unpaired) electrons. The van der Waals surface area contributed by atoms with E-state index in [-0.39, 0.29) is 0 Å². The Morgan fingerprint density at radius 3 is 3.00 bits per heavy atom. The van der Waals surface area contributed by atoms with E-state index in [2.05, 4.69) is 0 Å². The Balaban J connectivity index is 1.66. The highest BCUT2D eigenvalue weighted by Crippen LogP contribution is 2.33. The Kier molecular flexibility index (Phi) is 4.13. The van der Waals surface area contributed by atoms with E-state index < -0.39 is 0 Å². The van der Waals surface area contributed by atoms with Gasteiger partial charge in [-0.15, -0.1) is 11.3 Å². The standard InChI is InChI=1S/C13H18O2S/c1-2-15-12-7-10(8-12)6-11(14)9-13-4-3-5-16-13/h3-5,10,12H,2,6-9H2,1H3. The van der Waals surface area contributed by atoms with Crippen molar-refractivity contribution in [3.05, 3.63) is 22.4 Å².